The summed E-state index contributed by atoms with van der Waals surface area (Å²) in [6.45, 7) is 0. The fourth-order valence-electron chi connectivity index (χ4n) is 0. The average Bonchev–Trinajstić information content (AvgIpc) is 0.811. The van der Waals surface area contributed by atoms with Crippen molar-refractivity contribution in [2.24, 2.45) is 0 Å². The maximum Gasteiger partial charge on any atom is 1.00 e. The minimum Gasteiger partial charge on any atom is -0.450 e. The van der Waals surface area contributed by atoms with E-state index in [2.05, 4.69) is 0 Å². The normalized spacial score (nSPS) is 3.43. The SMILES string of the molecule is N.N.N.O=C(O)O.[H+]. The second kappa shape index (κ2) is 19.2. The Morgan fingerprint density at radius 1 is 1.14 bits per heavy atom. The Balaban J connectivity index is -0.00000000750. The highest BCUT2D eigenvalue weighted by molar-refractivity contribution is 5.53. The fourth-order valence-corrected chi connectivity index (χ4v) is 0. The molecule has 0 spiro atoms. The van der Waals surface area contributed by atoms with Gasteiger partial charge < -0.3 is 28.7 Å². The van der Waals surface area contributed by atoms with Crippen molar-refractivity contribution in [1.29, 1.82) is 0 Å². The van der Waals surface area contributed by atoms with Crippen molar-refractivity contribution in [3.63, 3.8) is 0 Å². The zero-order chi connectivity index (χ0) is 3.58. The summed E-state index contributed by atoms with van der Waals surface area (Å²) in [7, 11) is 0. The number of hydrogen-bond donors (Lipinski definition) is 5. The van der Waals surface area contributed by atoms with Crippen LogP contribution in [0.2, 0.25) is 0 Å². The molecule has 0 rings (SSSR count). The van der Waals surface area contributed by atoms with E-state index in [-0.39, 0.29) is 19.9 Å². The Labute approximate surface area is 42.4 Å². The minimum atomic E-state index is -1.83. The second-order valence-electron chi connectivity index (χ2n) is 0.283. The van der Waals surface area contributed by atoms with E-state index in [9.17, 15) is 0 Å². The fraction of sp³-hybridized carbons (Fsp3) is 0. The third-order valence-corrected chi connectivity index (χ3v) is 0. The van der Waals surface area contributed by atoms with Crippen LogP contribution in [0.5, 0.6) is 0 Å². The van der Waals surface area contributed by atoms with Gasteiger partial charge in [0.2, 0.25) is 0 Å². The van der Waals surface area contributed by atoms with E-state index in [4.69, 9.17) is 15.0 Å². The van der Waals surface area contributed by atoms with E-state index in [0.29, 0.717) is 0 Å². The Morgan fingerprint density at radius 3 is 1.14 bits per heavy atom. The topological polar surface area (TPSA) is 163 Å². The van der Waals surface area contributed by atoms with Gasteiger partial charge in [0.25, 0.3) is 0 Å². The summed E-state index contributed by atoms with van der Waals surface area (Å²) in [5, 5.41) is 13.9. The predicted octanol–water partition coefficient (Wildman–Crippen LogP) is 0.821. The number of hydrogen-bond acceptors (Lipinski definition) is 4. The lowest BCUT2D eigenvalue weighted by atomic mass is 11.5. The first kappa shape index (κ1) is 35.3. The van der Waals surface area contributed by atoms with Crippen LogP contribution >= 0.6 is 0 Å². The van der Waals surface area contributed by atoms with Crippen LogP contribution in [0.4, 0.5) is 4.79 Å². The third-order valence-electron chi connectivity index (χ3n) is 0. The lowest BCUT2D eigenvalue weighted by molar-refractivity contribution is 0.137. The predicted molar refractivity (Wildman–Crippen MR) is 26.8 cm³/mol. The highest BCUT2D eigenvalue weighted by Gasteiger charge is 1.70. The summed E-state index contributed by atoms with van der Waals surface area (Å²) in [5.41, 5.74) is 0. The molecular formula is CH12N3O3+. The third kappa shape index (κ3) is 70.7. The van der Waals surface area contributed by atoms with Crippen molar-refractivity contribution < 1.29 is 16.4 Å². The van der Waals surface area contributed by atoms with Gasteiger partial charge in [-0.1, -0.05) is 0 Å². The smallest absolute Gasteiger partial charge is 0.450 e. The van der Waals surface area contributed by atoms with Crippen LogP contribution in [0, 0.1) is 0 Å². The van der Waals surface area contributed by atoms with Gasteiger partial charge in [-0.3, -0.25) is 0 Å². The summed E-state index contributed by atoms with van der Waals surface area (Å²) in [4.78, 5) is 8.56. The standard InChI is InChI=1S/CH2O3.3H3N/c2-1(3)4;;;/h(H2,2,3,4);3*1H3/p+1. The van der Waals surface area contributed by atoms with E-state index in [1.807, 2.05) is 0 Å². The van der Waals surface area contributed by atoms with Crippen LogP contribution in [0.25, 0.3) is 0 Å². The molecule has 0 fully saturated rings. The van der Waals surface area contributed by atoms with Gasteiger partial charge >= 0.3 is 7.58 Å². The van der Waals surface area contributed by atoms with E-state index in [1.165, 1.54) is 0 Å². The molecule has 0 saturated carbocycles. The largest absolute Gasteiger partial charge is 1.00 e. The van der Waals surface area contributed by atoms with Crippen LogP contribution in [0.3, 0.4) is 0 Å². The molecule has 0 aromatic rings. The number of carboxylic acid groups (broad SMARTS) is 2. The average molecular weight is 114 g/mol. The highest BCUT2D eigenvalue weighted by atomic mass is 16.6. The monoisotopic (exact) mass is 114 g/mol. The first-order valence-electron chi connectivity index (χ1n) is 0.651. The minimum absolute atomic E-state index is 0. The van der Waals surface area contributed by atoms with Crippen molar-refractivity contribution in [3.05, 3.63) is 0 Å². The van der Waals surface area contributed by atoms with Gasteiger partial charge in [0, 0.05) is 0 Å². The Morgan fingerprint density at radius 2 is 1.14 bits per heavy atom. The molecule has 0 radical (unpaired) electrons. The van der Waals surface area contributed by atoms with Crippen molar-refractivity contribution in [3.8, 4) is 0 Å². The van der Waals surface area contributed by atoms with Gasteiger partial charge in [0.05, 0.1) is 0 Å². The van der Waals surface area contributed by atoms with Gasteiger partial charge in [-0.25, -0.2) is 4.79 Å². The molecule has 0 atom stereocenters. The van der Waals surface area contributed by atoms with Crippen LogP contribution in [0.15, 0.2) is 0 Å². The first-order chi connectivity index (χ1) is 1.73. The molecule has 0 aromatic carbocycles. The highest BCUT2D eigenvalue weighted by Crippen LogP contribution is 1.42. The molecule has 11 N–H and O–H groups in total. The summed E-state index contributed by atoms with van der Waals surface area (Å²) in [6.07, 6.45) is -1.83. The maximum absolute atomic E-state index is 8.56. The first-order valence-corrected chi connectivity index (χ1v) is 0.651. The molecule has 7 heavy (non-hydrogen) atoms. The van der Waals surface area contributed by atoms with Gasteiger partial charge in [-0.15, -0.1) is 0 Å². The Bertz CT molecular complexity index is 37.5. The van der Waals surface area contributed by atoms with Crippen molar-refractivity contribution in [2.75, 3.05) is 0 Å². The Kier molecular flexibility index (Phi) is 96.7. The number of rotatable bonds is 0. The molecular weight excluding hydrogens is 102 g/mol. The molecule has 6 heteroatoms. The van der Waals surface area contributed by atoms with Gasteiger partial charge in [0.15, 0.2) is 0 Å². The van der Waals surface area contributed by atoms with E-state index in [0.717, 1.165) is 0 Å². The van der Waals surface area contributed by atoms with Crippen molar-refractivity contribution >= 4 is 6.16 Å². The van der Waals surface area contributed by atoms with Crippen molar-refractivity contribution in [1.82, 2.24) is 18.5 Å². The molecule has 6 nitrogen and oxygen atoms in total. The van der Waals surface area contributed by atoms with Gasteiger partial charge in [-0.2, -0.15) is 0 Å². The zero-order valence-electron chi connectivity index (χ0n) is 4.92. The number of carbonyl (C=O) groups is 1. The molecule has 0 aliphatic rings. The molecule has 48 valence electrons. The molecule has 0 aliphatic carbocycles. The lowest BCUT2D eigenvalue weighted by Gasteiger charge is -1.60. The molecule has 0 bridgehead atoms. The Hall–Kier alpha value is -0.850. The summed E-state index contributed by atoms with van der Waals surface area (Å²) >= 11 is 0. The van der Waals surface area contributed by atoms with Crippen molar-refractivity contribution in [2.45, 2.75) is 0 Å². The van der Waals surface area contributed by atoms with Crippen LogP contribution < -0.4 is 18.5 Å². The summed E-state index contributed by atoms with van der Waals surface area (Å²) in [6, 6.07) is 0. The zero-order valence-corrected chi connectivity index (χ0v) is 3.92. The van der Waals surface area contributed by atoms with E-state index in [1.54, 1.807) is 0 Å². The molecule has 0 amide bonds. The van der Waals surface area contributed by atoms with Gasteiger partial charge in [0.1, 0.15) is 0 Å². The maximum atomic E-state index is 8.56. The second-order valence-corrected chi connectivity index (χ2v) is 0.283. The molecule has 0 aromatic heterocycles. The summed E-state index contributed by atoms with van der Waals surface area (Å²) in [5.74, 6) is 0. The molecule has 0 aliphatic heterocycles. The van der Waals surface area contributed by atoms with Crippen LogP contribution in [0.1, 0.15) is 1.43 Å². The van der Waals surface area contributed by atoms with Crippen LogP contribution in [-0.4, -0.2) is 16.4 Å². The van der Waals surface area contributed by atoms with E-state index < -0.39 is 6.16 Å². The van der Waals surface area contributed by atoms with Gasteiger partial charge in [-0.05, 0) is 0 Å². The summed E-state index contributed by atoms with van der Waals surface area (Å²) < 4.78 is 0. The molecule has 0 heterocycles. The molecule has 0 saturated heterocycles. The molecule has 0 unspecified atom stereocenters. The van der Waals surface area contributed by atoms with Crippen LogP contribution in [-0.2, 0) is 0 Å². The van der Waals surface area contributed by atoms with E-state index >= 15 is 0 Å². The quantitative estimate of drug-likeness (QED) is 0.313. The lowest BCUT2D eigenvalue weighted by Crippen LogP contribution is -1.81.